The molecule has 10 heteroatoms. The topological polar surface area (TPSA) is 101 Å². The Hall–Kier alpha value is -3.95. The summed E-state index contributed by atoms with van der Waals surface area (Å²) in [5.41, 5.74) is 6.17. The molecular weight excluding hydrogens is 470 g/mol. The molecule has 0 spiro atoms. The third kappa shape index (κ3) is 4.70. The van der Waals surface area contributed by atoms with Crippen LogP contribution in [0.15, 0.2) is 89.5 Å². The molecule has 2 N–H and O–H groups in total. The standard InChI is InChI=1S/C24H18ClN7OS/c25-18-5-7-19(8-6-18)32-23(16-9-11-26-12-10-16)30-31-24(32)34-15-22(33)29-28-14-17-13-27-21-4-2-1-3-20(17)21/h1-14,27H,15H2,(H,29,33)/b28-14+. The molecule has 0 aliphatic rings. The number of nitrogens with one attached hydrogen (secondary N) is 2. The van der Waals surface area contributed by atoms with E-state index in [4.69, 9.17) is 11.6 Å². The van der Waals surface area contributed by atoms with Crippen molar-refractivity contribution in [2.45, 2.75) is 5.16 Å². The first-order valence-electron chi connectivity index (χ1n) is 10.3. The third-order valence-electron chi connectivity index (χ3n) is 5.00. The van der Waals surface area contributed by atoms with Crippen LogP contribution in [0.4, 0.5) is 0 Å². The van der Waals surface area contributed by atoms with Gasteiger partial charge in [-0.05, 0) is 42.5 Å². The Morgan fingerprint density at radius 3 is 2.71 bits per heavy atom. The predicted octanol–water partition coefficient (Wildman–Crippen LogP) is 4.71. The zero-order valence-corrected chi connectivity index (χ0v) is 19.3. The maximum Gasteiger partial charge on any atom is 0.250 e. The van der Waals surface area contributed by atoms with Crippen LogP contribution in [-0.4, -0.2) is 42.6 Å². The van der Waals surface area contributed by atoms with Crippen molar-refractivity contribution in [3.8, 4) is 17.1 Å². The molecule has 0 bridgehead atoms. The minimum Gasteiger partial charge on any atom is -0.361 e. The number of hydrazone groups is 1. The number of amides is 1. The zero-order chi connectivity index (χ0) is 23.3. The molecule has 34 heavy (non-hydrogen) atoms. The van der Waals surface area contributed by atoms with Crippen LogP contribution >= 0.6 is 23.4 Å². The fraction of sp³-hybridized carbons (Fsp3) is 0.0417. The lowest BCUT2D eigenvalue weighted by molar-refractivity contribution is -0.118. The number of aromatic nitrogens is 5. The molecule has 168 valence electrons. The Kier molecular flexibility index (Phi) is 6.37. The molecule has 0 aliphatic heterocycles. The molecule has 0 fully saturated rings. The zero-order valence-electron chi connectivity index (χ0n) is 17.7. The number of pyridine rings is 1. The van der Waals surface area contributed by atoms with E-state index in [1.807, 2.05) is 59.3 Å². The highest BCUT2D eigenvalue weighted by Gasteiger charge is 2.17. The van der Waals surface area contributed by atoms with Crippen LogP contribution in [0.2, 0.25) is 5.02 Å². The van der Waals surface area contributed by atoms with Gasteiger partial charge in [0.25, 0.3) is 5.91 Å². The highest BCUT2D eigenvalue weighted by Crippen LogP contribution is 2.28. The quantitative estimate of drug-likeness (QED) is 0.197. The number of benzene rings is 2. The van der Waals surface area contributed by atoms with E-state index in [1.165, 1.54) is 11.8 Å². The van der Waals surface area contributed by atoms with Crippen molar-refractivity contribution in [1.29, 1.82) is 0 Å². The van der Waals surface area contributed by atoms with Crippen LogP contribution in [0.3, 0.4) is 0 Å². The van der Waals surface area contributed by atoms with Gasteiger partial charge in [0, 0.05) is 51.3 Å². The number of hydrogen-bond donors (Lipinski definition) is 2. The summed E-state index contributed by atoms with van der Waals surface area (Å²) in [6.45, 7) is 0. The van der Waals surface area contributed by atoms with Crippen molar-refractivity contribution < 1.29 is 4.79 Å². The fourth-order valence-electron chi connectivity index (χ4n) is 3.41. The Balaban J connectivity index is 1.31. The summed E-state index contributed by atoms with van der Waals surface area (Å²) in [7, 11) is 0. The smallest absolute Gasteiger partial charge is 0.250 e. The van der Waals surface area contributed by atoms with Crippen LogP contribution in [0.1, 0.15) is 5.56 Å². The minimum absolute atomic E-state index is 0.118. The van der Waals surface area contributed by atoms with Gasteiger partial charge < -0.3 is 4.98 Å². The number of nitrogens with zero attached hydrogens (tertiary/aromatic N) is 5. The van der Waals surface area contributed by atoms with Crippen molar-refractivity contribution in [2.75, 3.05) is 5.75 Å². The van der Waals surface area contributed by atoms with Crippen molar-refractivity contribution in [2.24, 2.45) is 5.10 Å². The molecule has 0 unspecified atom stereocenters. The summed E-state index contributed by atoms with van der Waals surface area (Å²) in [5.74, 6) is 0.509. The summed E-state index contributed by atoms with van der Waals surface area (Å²) in [6, 6.07) is 19.0. The first-order chi connectivity index (χ1) is 16.7. The Morgan fingerprint density at radius 2 is 1.88 bits per heavy atom. The fourth-order valence-corrected chi connectivity index (χ4v) is 4.28. The average molecular weight is 488 g/mol. The highest BCUT2D eigenvalue weighted by molar-refractivity contribution is 7.99. The number of para-hydroxylation sites is 1. The van der Waals surface area contributed by atoms with Gasteiger partial charge >= 0.3 is 0 Å². The number of carbonyl (C=O) groups is 1. The van der Waals surface area contributed by atoms with E-state index in [0.717, 1.165) is 27.7 Å². The van der Waals surface area contributed by atoms with E-state index in [2.05, 4.69) is 30.7 Å². The maximum absolute atomic E-state index is 12.4. The number of H-pyrrole nitrogens is 1. The van der Waals surface area contributed by atoms with Crippen molar-refractivity contribution in [3.63, 3.8) is 0 Å². The first-order valence-corrected chi connectivity index (χ1v) is 11.7. The van der Waals surface area contributed by atoms with Gasteiger partial charge in [-0.3, -0.25) is 14.3 Å². The molecule has 3 aromatic heterocycles. The van der Waals surface area contributed by atoms with Crippen molar-refractivity contribution in [1.82, 2.24) is 30.2 Å². The lowest BCUT2D eigenvalue weighted by Gasteiger charge is -2.10. The van der Waals surface area contributed by atoms with E-state index in [0.29, 0.717) is 16.0 Å². The molecule has 5 aromatic rings. The lowest BCUT2D eigenvalue weighted by atomic mass is 10.2. The lowest BCUT2D eigenvalue weighted by Crippen LogP contribution is -2.20. The van der Waals surface area contributed by atoms with Crippen LogP contribution in [0.25, 0.3) is 28.0 Å². The summed E-state index contributed by atoms with van der Waals surface area (Å²) < 4.78 is 1.89. The molecule has 0 atom stereocenters. The molecule has 1 amide bonds. The average Bonchev–Trinajstić information content (AvgIpc) is 3.48. The van der Waals surface area contributed by atoms with Crippen LogP contribution < -0.4 is 5.43 Å². The summed E-state index contributed by atoms with van der Waals surface area (Å²) in [4.78, 5) is 19.7. The van der Waals surface area contributed by atoms with Gasteiger partial charge in [0.2, 0.25) is 0 Å². The van der Waals surface area contributed by atoms with Gasteiger partial charge in [0.05, 0.1) is 12.0 Å². The van der Waals surface area contributed by atoms with Crippen molar-refractivity contribution in [3.05, 3.63) is 89.8 Å². The van der Waals surface area contributed by atoms with Gasteiger partial charge in [-0.1, -0.05) is 41.6 Å². The normalized spacial score (nSPS) is 11.3. The second kappa shape index (κ2) is 9.90. The number of thioether (sulfide) groups is 1. The van der Waals surface area contributed by atoms with E-state index >= 15 is 0 Å². The molecule has 0 radical (unpaired) electrons. The first kappa shape index (κ1) is 21.9. The van der Waals surface area contributed by atoms with Crippen LogP contribution in [-0.2, 0) is 4.79 Å². The maximum atomic E-state index is 12.4. The van der Waals surface area contributed by atoms with Crippen LogP contribution in [0, 0.1) is 0 Å². The number of aromatic amines is 1. The number of rotatable bonds is 7. The highest BCUT2D eigenvalue weighted by atomic mass is 35.5. The number of halogens is 1. The summed E-state index contributed by atoms with van der Waals surface area (Å²) in [6.07, 6.45) is 6.87. The summed E-state index contributed by atoms with van der Waals surface area (Å²) in [5, 5.41) is 15.0. The molecule has 2 aromatic carbocycles. The molecule has 5 rings (SSSR count). The Morgan fingerprint density at radius 1 is 1.09 bits per heavy atom. The van der Waals surface area contributed by atoms with E-state index in [1.54, 1.807) is 30.7 Å². The molecule has 0 aliphatic carbocycles. The van der Waals surface area contributed by atoms with Gasteiger partial charge in [0.15, 0.2) is 11.0 Å². The minimum atomic E-state index is -0.253. The second-order valence-electron chi connectivity index (χ2n) is 7.23. The summed E-state index contributed by atoms with van der Waals surface area (Å²) >= 11 is 7.34. The Labute approximate surface area is 204 Å². The third-order valence-corrected chi connectivity index (χ3v) is 6.18. The number of hydrogen-bond acceptors (Lipinski definition) is 6. The van der Waals surface area contributed by atoms with Gasteiger partial charge in [-0.15, -0.1) is 10.2 Å². The monoisotopic (exact) mass is 487 g/mol. The predicted molar refractivity (Wildman–Crippen MR) is 134 cm³/mol. The molecule has 3 heterocycles. The van der Waals surface area contributed by atoms with E-state index < -0.39 is 0 Å². The molecule has 8 nitrogen and oxygen atoms in total. The van der Waals surface area contributed by atoms with Crippen molar-refractivity contribution >= 4 is 46.4 Å². The van der Waals surface area contributed by atoms with E-state index in [9.17, 15) is 4.79 Å². The molecule has 0 saturated carbocycles. The Bertz CT molecular complexity index is 1460. The largest absolute Gasteiger partial charge is 0.361 e. The van der Waals surface area contributed by atoms with Gasteiger partial charge in [-0.25, -0.2) is 5.43 Å². The molecule has 0 saturated heterocycles. The van der Waals surface area contributed by atoms with Gasteiger partial charge in [-0.2, -0.15) is 5.10 Å². The number of fused-ring (bicyclic) bond motifs is 1. The van der Waals surface area contributed by atoms with Gasteiger partial charge in [0.1, 0.15) is 0 Å². The van der Waals surface area contributed by atoms with Crippen LogP contribution in [0.5, 0.6) is 0 Å². The van der Waals surface area contributed by atoms with E-state index in [-0.39, 0.29) is 11.7 Å². The number of carbonyl (C=O) groups excluding carboxylic acids is 1. The molecular formula is C24H18ClN7OS. The SMILES string of the molecule is O=C(CSc1nnc(-c2ccncc2)n1-c1ccc(Cl)cc1)N/N=C/c1c[nH]c2ccccc12. The second-order valence-corrected chi connectivity index (χ2v) is 8.60.